The quantitative estimate of drug-likeness (QED) is 0.724. The molecule has 1 aliphatic carbocycles. The molecule has 3 atom stereocenters. The van der Waals surface area contributed by atoms with E-state index in [-0.39, 0.29) is 12.0 Å². The molecule has 0 saturated heterocycles. The highest BCUT2D eigenvalue weighted by molar-refractivity contribution is 4.94. The van der Waals surface area contributed by atoms with E-state index < -0.39 is 5.60 Å². The average Bonchev–Trinajstić information content (AvgIpc) is 2.51. The molecule has 3 unspecified atom stereocenters. The monoisotopic (exact) mass is 238 g/mol. The van der Waals surface area contributed by atoms with Gasteiger partial charge in [-0.2, -0.15) is 5.26 Å². The standard InChI is InChI=1S/C14H26N2O/c1-3-9-14(2,17)11-16-13-8-6-4-5-7-12(13)10-15/h12-13,16-17H,3-9,11H2,1-2H3. The lowest BCUT2D eigenvalue weighted by molar-refractivity contribution is 0.0454. The largest absolute Gasteiger partial charge is 0.389 e. The third kappa shape index (κ3) is 5.06. The molecule has 1 aliphatic rings. The zero-order valence-corrected chi connectivity index (χ0v) is 11.2. The second-order valence-corrected chi connectivity index (χ2v) is 5.61. The van der Waals surface area contributed by atoms with Crippen LogP contribution in [0.3, 0.4) is 0 Å². The first-order chi connectivity index (χ1) is 8.09. The molecule has 0 bridgehead atoms. The lowest BCUT2D eigenvalue weighted by atomic mass is 9.94. The minimum Gasteiger partial charge on any atom is -0.389 e. The first kappa shape index (κ1) is 14.5. The molecule has 0 heterocycles. The SMILES string of the molecule is CCCC(C)(O)CNC1CCCCCC1C#N. The lowest BCUT2D eigenvalue weighted by Gasteiger charge is -2.28. The fourth-order valence-corrected chi connectivity index (χ4v) is 2.68. The van der Waals surface area contributed by atoms with Gasteiger partial charge in [0.1, 0.15) is 0 Å². The molecule has 0 spiro atoms. The topological polar surface area (TPSA) is 56.0 Å². The Hall–Kier alpha value is -0.590. The van der Waals surface area contributed by atoms with Crippen LogP contribution < -0.4 is 5.32 Å². The van der Waals surface area contributed by atoms with E-state index in [2.05, 4.69) is 18.3 Å². The molecule has 0 amide bonds. The van der Waals surface area contributed by atoms with Crippen molar-refractivity contribution in [2.45, 2.75) is 70.4 Å². The van der Waals surface area contributed by atoms with Crippen molar-refractivity contribution >= 4 is 0 Å². The molecule has 2 N–H and O–H groups in total. The summed E-state index contributed by atoms with van der Waals surface area (Å²) in [6.45, 7) is 4.56. The molecular weight excluding hydrogens is 212 g/mol. The van der Waals surface area contributed by atoms with Crippen molar-refractivity contribution in [3.05, 3.63) is 0 Å². The van der Waals surface area contributed by atoms with Crippen molar-refractivity contribution in [1.29, 1.82) is 5.26 Å². The van der Waals surface area contributed by atoms with E-state index >= 15 is 0 Å². The van der Waals surface area contributed by atoms with Crippen molar-refractivity contribution in [2.24, 2.45) is 5.92 Å². The van der Waals surface area contributed by atoms with Crippen LogP contribution in [-0.2, 0) is 0 Å². The summed E-state index contributed by atoms with van der Waals surface area (Å²) in [6, 6.07) is 2.69. The zero-order valence-electron chi connectivity index (χ0n) is 11.2. The summed E-state index contributed by atoms with van der Waals surface area (Å²) in [5, 5.41) is 22.7. The normalized spacial score (nSPS) is 29.1. The van der Waals surface area contributed by atoms with Gasteiger partial charge in [-0.15, -0.1) is 0 Å². The van der Waals surface area contributed by atoms with Crippen LogP contribution in [0.5, 0.6) is 0 Å². The van der Waals surface area contributed by atoms with Crippen LogP contribution in [0.4, 0.5) is 0 Å². The second kappa shape index (κ2) is 6.98. The van der Waals surface area contributed by atoms with E-state index in [0.717, 1.165) is 25.7 Å². The summed E-state index contributed by atoms with van der Waals surface area (Å²) in [5.41, 5.74) is -0.638. The van der Waals surface area contributed by atoms with Gasteiger partial charge in [-0.25, -0.2) is 0 Å². The number of aliphatic hydroxyl groups is 1. The minimum absolute atomic E-state index is 0.120. The van der Waals surface area contributed by atoms with Crippen LogP contribution in [0, 0.1) is 17.2 Å². The number of hydrogen-bond acceptors (Lipinski definition) is 3. The molecule has 17 heavy (non-hydrogen) atoms. The molecule has 0 radical (unpaired) electrons. The van der Waals surface area contributed by atoms with E-state index in [4.69, 9.17) is 5.26 Å². The molecule has 3 heteroatoms. The van der Waals surface area contributed by atoms with Gasteiger partial charge in [-0.05, 0) is 26.2 Å². The first-order valence-electron chi connectivity index (χ1n) is 6.94. The fraction of sp³-hybridized carbons (Fsp3) is 0.929. The summed E-state index contributed by atoms with van der Waals surface area (Å²) in [5.74, 6) is 0.120. The highest BCUT2D eigenvalue weighted by atomic mass is 16.3. The molecule has 0 aromatic carbocycles. The third-order valence-corrected chi connectivity index (χ3v) is 3.72. The Kier molecular flexibility index (Phi) is 5.94. The van der Waals surface area contributed by atoms with Gasteiger partial charge < -0.3 is 10.4 Å². The van der Waals surface area contributed by atoms with Gasteiger partial charge in [-0.3, -0.25) is 0 Å². The Morgan fingerprint density at radius 2 is 2.06 bits per heavy atom. The molecule has 1 fully saturated rings. The molecule has 0 aromatic heterocycles. The van der Waals surface area contributed by atoms with Crippen molar-refractivity contribution < 1.29 is 5.11 Å². The van der Waals surface area contributed by atoms with Crippen LogP contribution in [0.25, 0.3) is 0 Å². The maximum atomic E-state index is 10.1. The van der Waals surface area contributed by atoms with Gasteiger partial charge in [0.05, 0.1) is 17.6 Å². The molecule has 0 aromatic rings. The minimum atomic E-state index is -0.638. The van der Waals surface area contributed by atoms with Crippen molar-refractivity contribution in [2.75, 3.05) is 6.54 Å². The maximum absolute atomic E-state index is 10.1. The summed E-state index contributed by atoms with van der Waals surface area (Å²) in [4.78, 5) is 0. The lowest BCUT2D eigenvalue weighted by Crippen LogP contribution is -2.44. The van der Waals surface area contributed by atoms with Crippen LogP contribution >= 0.6 is 0 Å². The van der Waals surface area contributed by atoms with Crippen LogP contribution in [-0.4, -0.2) is 23.3 Å². The maximum Gasteiger partial charge on any atom is 0.0743 e. The van der Waals surface area contributed by atoms with E-state index in [1.54, 1.807) is 0 Å². The zero-order chi connectivity index (χ0) is 12.7. The van der Waals surface area contributed by atoms with E-state index in [1.165, 1.54) is 19.3 Å². The smallest absolute Gasteiger partial charge is 0.0743 e. The Bertz CT molecular complexity index is 257. The molecular formula is C14H26N2O. The van der Waals surface area contributed by atoms with Gasteiger partial charge in [-0.1, -0.05) is 32.6 Å². The van der Waals surface area contributed by atoms with Gasteiger partial charge in [0.2, 0.25) is 0 Å². The summed E-state index contributed by atoms with van der Waals surface area (Å²) in [7, 11) is 0. The van der Waals surface area contributed by atoms with Gasteiger partial charge >= 0.3 is 0 Å². The number of nitriles is 1. The van der Waals surface area contributed by atoms with Crippen LogP contribution in [0.15, 0.2) is 0 Å². The summed E-state index contributed by atoms with van der Waals surface area (Å²) in [6.07, 6.45) is 7.48. The van der Waals surface area contributed by atoms with Gasteiger partial charge in [0.25, 0.3) is 0 Å². The van der Waals surface area contributed by atoms with E-state index in [0.29, 0.717) is 6.54 Å². The Balaban J connectivity index is 2.45. The number of hydrogen-bond donors (Lipinski definition) is 2. The van der Waals surface area contributed by atoms with Crippen molar-refractivity contribution in [3.8, 4) is 6.07 Å². The molecule has 0 aliphatic heterocycles. The third-order valence-electron chi connectivity index (χ3n) is 3.72. The highest BCUT2D eigenvalue weighted by Gasteiger charge is 2.26. The second-order valence-electron chi connectivity index (χ2n) is 5.61. The van der Waals surface area contributed by atoms with Gasteiger partial charge in [0, 0.05) is 12.6 Å². The Morgan fingerprint density at radius 3 is 2.71 bits per heavy atom. The summed E-state index contributed by atoms with van der Waals surface area (Å²) < 4.78 is 0. The van der Waals surface area contributed by atoms with Gasteiger partial charge in [0.15, 0.2) is 0 Å². The molecule has 3 nitrogen and oxygen atoms in total. The number of nitrogens with zero attached hydrogens (tertiary/aromatic N) is 1. The predicted octanol–water partition coefficient (Wildman–Crippen LogP) is 2.60. The molecule has 1 rings (SSSR count). The molecule has 1 saturated carbocycles. The fourth-order valence-electron chi connectivity index (χ4n) is 2.68. The van der Waals surface area contributed by atoms with Crippen LogP contribution in [0.2, 0.25) is 0 Å². The van der Waals surface area contributed by atoms with Crippen molar-refractivity contribution in [1.82, 2.24) is 5.32 Å². The predicted molar refractivity (Wildman–Crippen MR) is 69.5 cm³/mol. The Morgan fingerprint density at radius 1 is 1.35 bits per heavy atom. The highest BCUT2D eigenvalue weighted by Crippen LogP contribution is 2.23. The Labute approximate surface area is 105 Å². The van der Waals surface area contributed by atoms with E-state index in [9.17, 15) is 5.11 Å². The van der Waals surface area contributed by atoms with E-state index in [1.807, 2.05) is 6.92 Å². The first-order valence-corrected chi connectivity index (χ1v) is 6.94. The number of rotatable bonds is 5. The summed E-state index contributed by atoms with van der Waals surface area (Å²) >= 11 is 0. The average molecular weight is 238 g/mol. The van der Waals surface area contributed by atoms with Crippen LogP contribution in [0.1, 0.15) is 58.8 Å². The molecule has 98 valence electrons. The number of nitrogens with one attached hydrogen (secondary N) is 1. The van der Waals surface area contributed by atoms with Crippen molar-refractivity contribution in [3.63, 3.8) is 0 Å².